The van der Waals surface area contributed by atoms with Crippen LogP contribution < -0.4 is 11.2 Å². The van der Waals surface area contributed by atoms with E-state index in [-0.39, 0.29) is 23.0 Å². The number of nitrogens with zero attached hydrogens (tertiary/aromatic N) is 2. The second-order valence-electron chi connectivity index (χ2n) is 7.78. The highest BCUT2D eigenvalue weighted by Crippen LogP contribution is 2.22. The summed E-state index contributed by atoms with van der Waals surface area (Å²) in [5.74, 6) is 0.257. The van der Waals surface area contributed by atoms with Gasteiger partial charge in [0.1, 0.15) is 0 Å². The van der Waals surface area contributed by atoms with E-state index in [1.54, 1.807) is 24.3 Å². The van der Waals surface area contributed by atoms with E-state index in [2.05, 4.69) is 9.88 Å². The molecular weight excluding hydrogens is 366 g/mol. The molecule has 1 fully saturated rings. The predicted molar refractivity (Wildman–Crippen MR) is 114 cm³/mol. The Hall–Kier alpha value is -2.99. The van der Waals surface area contributed by atoms with Crippen LogP contribution in [0.25, 0.3) is 10.9 Å². The number of ketones is 1. The highest BCUT2D eigenvalue weighted by atomic mass is 16.2. The van der Waals surface area contributed by atoms with Gasteiger partial charge in [-0.3, -0.25) is 14.2 Å². The number of Topliss-reactive ketones (excluding diaryl/α,β-unsaturated/α-hetero) is 1. The molecule has 150 valence electrons. The number of hydrogen-bond acceptors (Lipinski definition) is 4. The quantitative estimate of drug-likeness (QED) is 0.679. The van der Waals surface area contributed by atoms with Crippen LogP contribution in [0.15, 0.2) is 58.1 Å². The Morgan fingerprint density at radius 2 is 1.69 bits per heavy atom. The van der Waals surface area contributed by atoms with Gasteiger partial charge in [-0.1, -0.05) is 42.0 Å². The van der Waals surface area contributed by atoms with Crippen molar-refractivity contribution in [1.82, 2.24) is 14.5 Å². The van der Waals surface area contributed by atoms with Gasteiger partial charge in [-0.25, -0.2) is 4.79 Å². The molecule has 0 unspecified atom stereocenters. The normalized spacial score (nSPS) is 15.6. The molecule has 0 radical (unpaired) electrons. The van der Waals surface area contributed by atoms with Gasteiger partial charge in [0.15, 0.2) is 5.78 Å². The molecular formula is C23H25N3O3. The summed E-state index contributed by atoms with van der Waals surface area (Å²) < 4.78 is 1.27. The van der Waals surface area contributed by atoms with Crippen LogP contribution in [0, 0.1) is 12.8 Å². The van der Waals surface area contributed by atoms with Gasteiger partial charge in [0.05, 0.1) is 10.9 Å². The fourth-order valence-corrected chi connectivity index (χ4v) is 4.02. The van der Waals surface area contributed by atoms with Crippen molar-refractivity contribution in [1.29, 1.82) is 0 Å². The number of piperidine rings is 1. The molecule has 0 atom stereocenters. The first-order valence-electron chi connectivity index (χ1n) is 10.1. The molecule has 1 aromatic heterocycles. The molecule has 0 aliphatic carbocycles. The summed E-state index contributed by atoms with van der Waals surface area (Å²) in [5.41, 5.74) is 1.86. The van der Waals surface area contributed by atoms with Gasteiger partial charge >= 0.3 is 5.69 Å². The number of H-pyrrole nitrogens is 1. The van der Waals surface area contributed by atoms with E-state index in [0.717, 1.165) is 37.1 Å². The van der Waals surface area contributed by atoms with Crippen molar-refractivity contribution in [2.45, 2.75) is 26.3 Å². The lowest BCUT2D eigenvalue weighted by Crippen LogP contribution is -2.42. The molecule has 1 saturated heterocycles. The smallest absolute Gasteiger partial charge is 0.307 e. The standard InChI is InChI=1S/C23H25N3O3/c1-16-6-8-17(9-7-16)21(27)18-10-12-25(13-11-18)14-15-26-22(28)19-4-2-3-5-20(19)24-23(26)29/h2-9,18H,10-15H2,1H3,(H,24,29). The van der Waals surface area contributed by atoms with Crippen molar-refractivity contribution < 1.29 is 4.79 Å². The number of rotatable bonds is 5. The third-order valence-electron chi connectivity index (χ3n) is 5.82. The van der Waals surface area contributed by atoms with Gasteiger partial charge in [0.2, 0.25) is 0 Å². The molecule has 1 aliphatic rings. The van der Waals surface area contributed by atoms with Crippen LogP contribution in [0.5, 0.6) is 0 Å². The van der Waals surface area contributed by atoms with Gasteiger partial charge < -0.3 is 9.88 Å². The van der Waals surface area contributed by atoms with Crippen LogP contribution in [0.3, 0.4) is 0 Å². The Morgan fingerprint density at radius 1 is 1.00 bits per heavy atom. The highest BCUT2D eigenvalue weighted by molar-refractivity contribution is 5.97. The van der Waals surface area contributed by atoms with Crippen molar-refractivity contribution in [3.8, 4) is 0 Å². The van der Waals surface area contributed by atoms with Gasteiger partial charge in [-0.05, 0) is 45.0 Å². The maximum Gasteiger partial charge on any atom is 0.328 e. The van der Waals surface area contributed by atoms with Crippen molar-refractivity contribution in [2.75, 3.05) is 19.6 Å². The van der Waals surface area contributed by atoms with E-state index in [1.807, 2.05) is 31.2 Å². The first-order valence-corrected chi connectivity index (χ1v) is 10.1. The minimum absolute atomic E-state index is 0.0424. The number of hydrogen-bond donors (Lipinski definition) is 1. The first-order chi connectivity index (χ1) is 14.0. The number of carbonyl (C=O) groups excluding carboxylic acids is 1. The van der Waals surface area contributed by atoms with Crippen LogP contribution in [0.2, 0.25) is 0 Å². The van der Waals surface area contributed by atoms with Crippen molar-refractivity contribution in [3.05, 3.63) is 80.5 Å². The number of aromatic amines is 1. The molecule has 0 spiro atoms. The third kappa shape index (κ3) is 4.07. The first kappa shape index (κ1) is 19.3. The monoisotopic (exact) mass is 391 g/mol. The lowest BCUT2D eigenvalue weighted by Gasteiger charge is -2.31. The number of benzene rings is 2. The van der Waals surface area contributed by atoms with Gasteiger partial charge in [0.25, 0.3) is 5.56 Å². The van der Waals surface area contributed by atoms with Crippen molar-refractivity contribution >= 4 is 16.7 Å². The molecule has 1 aliphatic heterocycles. The SMILES string of the molecule is Cc1ccc(C(=O)C2CCN(CCn3c(=O)[nH]c4ccccc4c3=O)CC2)cc1. The lowest BCUT2D eigenvalue weighted by atomic mass is 9.88. The third-order valence-corrected chi connectivity index (χ3v) is 5.82. The van der Waals surface area contributed by atoms with Gasteiger partial charge in [-0.15, -0.1) is 0 Å². The van der Waals surface area contributed by atoms with Crippen LogP contribution in [-0.2, 0) is 6.54 Å². The number of nitrogens with one attached hydrogen (secondary N) is 1. The maximum atomic E-state index is 12.7. The number of aryl methyl sites for hydroxylation is 1. The molecule has 29 heavy (non-hydrogen) atoms. The molecule has 2 aromatic carbocycles. The zero-order chi connectivity index (χ0) is 20.4. The maximum absolute atomic E-state index is 12.7. The van der Waals surface area contributed by atoms with E-state index in [9.17, 15) is 14.4 Å². The fraction of sp³-hybridized carbons (Fsp3) is 0.348. The fourth-order valence-electron chi connectivity index (χ4n) is 4.02. The Labute approximate surface area is 168 Å². The van der Waals surface area contributed by atoms with E-state index in [0.29, 0.717) is 24.0 Å². The summed E-state index contributed by atoms with van der Waals surface area (Å²) >= 11 is 0. The van der Waals surface area contributed by atoms with Crippen LogP contribution in [-0.4, -0.2) is 39.9 Å². The lowest BCUT2D eigenvalue weighted by molar-refractivity contribution is 0.0837. The molecule has 4 rings (SSSR count). The second kappa shape index (κ2) is 8.17. The zero-order valence-corrected chi connectivity index (χ0v) is 16.6. The largest absolute Gasteiger partial charge is 0.328 e. The summed E-state index contributed by atoms with van der Waals surface area (Å²) in [6.45, 7) is 4.56. The number of aromatic nitrogens is 2. The molecule has 0 amide bonds. The van der Waals surface area contributed by atoms with Crippen LogP contribution in [0.4, 0.5) is 0 Å². The summed E-state index contributed by atoms with van der Waals surface area (Å²) in [6.07, 6.45) is 1.60. The zero-order valence-electron chi connectivity index (χ0n) is 16.6. The molecule has 0 bridgehead atoms. The Bertz CT molecular complexity index is 1140. The van der Waals surface area contributed by atoms with E-state index in [1.165, 1.54) is 4.57 Å². The number of likely N-dealkylation sites (tertiary alicyclic amines) is 1. The molecule has 6 nitrogen and oxygen atoms in total. The van der Waals surface area contributed by atoms with E-state index >= 15 is 0 Å². The number of carbonyl (C=O) groups is 1. The minimum Gasteiger partial charge on any atom is -0.307 e. The molecule has 1 N–H and O–H groups in total. The summed E-state index contributed by atoms with van der Waals surface area (Å²) in [5, 5.41) is 0.523. The van der Waals surface area contributed by atoms with E-state index < -0.39 is 0 Å². The average Bonchev–Trinajstić information content (AvgIpc) is 2.74. The Morgan fingerprint density at radius 3 is 2.41 bits per heavy atom. The summed E-state index contributed by atoms with van der Waals surface area (Å²) in [6, 6.07) is 14.8. The van der Waals surface area contributed by atoms with Crippen molar-refractivity contribution in [2.24, 2.45) is 5.92 Å². The topological polar surface area (TPSA) is 75.2 Å². The number of fused-ring (bicyclic) bond motifs is 1. The van der Waals surface area contributed by atoms with Gasteiger partial charge in [0, 0.05) is 24.6 Å². The molecule has 2 heterocycles. The van der Waals surface area contributed by atoms with E-state index in [4.69, 9.17) is 0 Å². The average molecular weight is 391 g/mol. The van der Waals surface area contributed by atoms with Crippen LogP contribution >= 0.6 is 0 Å². The summed E-state index contributed by atoms with van der Waals surface area (Å²) in [4.78, 5) is 42.6. The second-order valence-corrected chi connectivity index (χ2v) is 7.78. The summed E-state index contributed by atoms with van der Waals surface area (Å²) in [7, 11) is 0. The molecule has 3 aromatic rings. The Balaban J connectivity index is 1.38. The molecule has 6 heteroatoms. The predicted octanol–water partition coefficient (Wildman–Crippen LogP) is 2.59. The number of para-hydroxylation sites is 1. The highest BCUT2D eigenvalue weighted by Gasteiger charge is 2.25. The van der Waals surface area contributed by atoms with Gasteiger partial charge in [-0.2, -0.15) is 0 Å². The molecule has 0 saturated carbocycles. The van der Waals surface area contributed by atoms with Crippen molar-refractivity contribution in [3.63, 3.8) is 0 Å². The minimum atomic E-state index is -0.377. The van der Waals surface area contributed by atoms with Crippen LogP contribution in [0.1, 0.15) is 28.8 Å². The Kier molecular flexibility index (Phi) is 5.45.